The highest BCUT2D eigenvalue weighted by Crippen LogP contribution is 2.23. The first-order chi connectivity index (χ1) is 20.5. The van der Waals surface area contributed by atoms with Gasteiger partial charge in [-0.3, -0.25) is 14.4 Å². The Morgan fingerprint density at radius 2 is 1.50 bits per heavy atom. The van der Waals surface area contributed by atoms with E-state index in [-0.39, 0.29) is 30.0 Å². The van der Waals surface area contributed by atoms with Crippen molar-refractivity contribution >= 4 is 34.1 Å². The van der Waals surface area contributed by atoms with Crippen molar-refractivity contribution in [1.82, 2.24) is 20.0 Å². The Kier molecular flexibility index (Phi) is 8.28. The normalized spacial score (nSPS) is 15.9. The van der Waals surface area contributed by atoms with Gasteiger partial charge in [0.2, 0.25) is 0 Å². The van der Waals surface area contributed by atoms with Gasteiger partial charge in [0.05, 0.1) is 25.1 Å². The lowest BCUT2D eigenvalue weighted by Crippen LogP contribution is -2.40. The lowest BCUT2D eigenvalue weighted by Gasteiger charge is -2.26. The highest BCUT2D eigenvalue weighted by molar-refractivity contribution is 5.96. The summed E-state index contributed by atoms with van der Waals surface area (Å²) in [4.78, 5) is 40.7. The smallest absolute Gasteiger partial charge is 0.275 e. The number of carbonyl (C=O) groups is 2. The molecule has 0 spiro atoms. The SMILES string of the molecule is O=C(NC1CCCCC1)c1ccc(Cn2nc(Nc3ccc(C(=O)N4CCOCC4)cc3)c3ccccc3c2=O)cc1. The highest BCUT2D eigenvalue weighted by Gasteiger charge is 2.19. The van der Waals surface area contributed by atoms with E-state index in [4.69, 9.17) is 4.74 Å². The van der Waals surface area contributed by atoms with E-state index in [2.05, 4.69) is 15.7 Å². The number of amides is 2. The standard InChI is InChI=1S/C33H35N5O4/c39-31(35-26-6-2-1-3-7-26)24-12-10-23(11-13-24)22-38-33(41)29-9-5-4-8-28(29)30(36-38)34-27-16-14-25(15-17-27)32(40)37-18-20-42-21-19-37/h4-5,8-17,26H,1-3,6-7,18-22H2,(H,34,36)(H,35,39). The van der Waals surface area contributed by atoms with E-state index in [1.54, 1.807) is 35.2 Å². The predicted molar refractivity (Wildman–Crippen MR) is 162 cm³/mol. The Bertz CT molecular complexity index is 1620. The summed E-state index contributed by atoms with van der Waals surface area (Å²) in [6, 6.07) is 22.3. The summed E-state index contributed by atoms with van der Waals surface area (Å²) in [5.74, 6) is 0.471. The number of morpholine rings is 1. The summed E-state index contributed by atoms with van der Waals surface area (Å²) >= 11 is 0. The van der Waals surface area contributed by atoms with Gasteiger partial charge in [-0.05, 0) is 60.9 Å². The van der Waals surface area contributed by atoms with Crippen molar-refractivity contribution in [3.05, 3.63) is 99.8 Å². The fourth-order valence-corrected chi connectivity index (χ4v) is 5.67. The van der Waals surface area contributed by atoms with E-state index < -0.39 is 0 Å². The van der Waals surface area contributed by atoms with Gasteiger partial charge in [-0.15, -0.1) is 0 Å². The summed E-state index contributed by atoms with van der Waals surface area (Å²) in [5, 5.41) is 12.4. The number of nitrogens with zero attached hydrogens (tertiary/aromatic N) is 3. The molecule has 1 saturated heterocycles. The molecule has 3 aromatic carbocycles. The highest BCUT2D eigenvalue weighted by atomic mass is 16.5. The molecule has 2 heterocycles. The Morgan fingerprint density at radius 1 is 0.833 bits per heavy atom. The van der Waals surface area contributed by atoms with Crippen LogP contribution in [0.2, 0.25) is 0 Å². The van der Waals surface area contributed by atoms with Crippen LogP contribution in [0.1, 0.15) is 58.4 Å². The van der Waals surface area contributed by atoms with E-state index in [1.165, 1.54) is 11.1 Å². The van der Waals surface area contributed by atoms with E-state index in [0.717, 1.165) is 36.9 Å². The van der Waals surface area contributed by atoms with Crippen LogP contribution in [0.5, 0.6) is 0 Å². The summed E-state index contributed by atoms with van der Waals surface area (Å²) in [6.07, 6.45) is 5.63. The Hall–Kier alpha value is -4.50. The van der Waals surface area contributed by atoms with Gasteiger partial charge >= 0.3 is 0 Å². The van der Waals surface area contributed by atoms with Gasteiger partial charge in [0.15, 0.2) is 5.82 Å². The molecule has 1 aromatic heterocycles. The van der Waals surface area contributed by atoms with Gasteiger partial charge in [0.1, 0.15) is 0 Å². The molecule has 6 rings (SSSR count). The van der Waals surface area contributed by atoms with Gasteiger partial charge in [-0.2, -0.15) is 5.10 Å². The van der Waals surface area contributed by atoms with Gasteiger partial charge in [-0.25, -0.2) is 4.68 Å². The topological polar surface area (TPSA) is 106 Å². The van der Waals surface area contributed by atoms with E-state index >= 15 is 0 Å². The number of fused-ring (bicyclic) bond motifs is 1. The average Bonchev–Trinajstić information content (AvgIpc) is 3.04. The largest absolute Gasteiger partial charge is 0.378 e. The zero-order valence-corrected chi connectivity index (χ0v) is 23.6. The maximum atomic E-state index is 13.4. The Labute approximate surface area is 244 Å². The number of nitrogens with one attached hydrogen (secondary N) is 2. The van der Waals surface area contributed by atoms with Crippen molar-refractivity contribution in [2.45, 2.75) is 44.7 Å². The average molecular weight is 566 g/mol. The van der Waals surface area contributed by atoms with Crippen LogP contribution in [0.15, 0.2) is 77.6 Å². The monoisotopic (exact) mass is 565 g/mol. The summed E-state index contributed by atoms with van der Waals surface area (Å²) in [5.41, 5.74) is 2.65. The van der Waals surface area contributed by atoms with Crippen molar-refractivity contribution in [2.24, 2.45) is 0 Å². The van der Waals surface area contributed by atoms with Crippen molar-refractivity contribution in [2.75, 3.05) is 31.6 Å². The number of anilines is 2. The number of aromatic nitrogens is 2. The van der Waals surface area contributed by atoms with Gasteiger partial charge < -0.3 is 20.3 Å². The van der Waals surface area contributed by atoms with Crippen molar-refractivity contribution in [3.8, 4) is 0 Å². The molecule has 9 heteroatoms. The van der Waals surface area contributed by atoms with Crippen LogP contribution >= 0.6 is 0 Å². The lowest BCUT2D eigenvalue weighted by atomic mass is 9.95. The van der Waals surface area contributed by atoms with Crippen LogP contribution in [0.3, 0.4) is 0 Å². The lowest BCUT2D eigenvalue weighted by molar-refractivity contribution is 0.0303. The van der Waals surface area contributed by atoms with Crippen LogP contribution in [-0.4, -0.2) is 58.8 Å². The molecule has 2 amide bonds. The molecular formula is C33H35N5O4. The number of hydrogen-bond donors (Lipinski definition) is 2. The molecule has 0 unspecified atom stereocenters. The first kappa shape index (κ1) is 27.7. The third-order valence-electron chi connectivity index (χ3n) is 8.05. The molecule has 9 nitrogen and oxygen atoms in total. The van der Waals surface area contributed by atoms with Gasteiger partial charge in [0, 0.05) is 41.3 Å². The molecule has 2 aliphatic rings. The zero-order valence-electron chi connectivity index (χ0n) is 23.6. The third-order valence-corrected chi connectivity index (χ3v) is 8.05. The number of benzene rings is 3. The number of rotatable bonds is 7. The second-order valence-electron chi connectivity index (χ2n) is 11.0. The Balaban J connectivity index is 1.20. The number of hydrogen-bond acceptors (Lipinski definition) is 6. The second-order valence-corrected chi connectivity index (χ2v) is 11.0. The molecule has 0 radical (unpaired) electrons. The molecule has 2 N–H and O–H groups in total. The van der Waals surface area contributed by atoms with Crippen LogP contribution in [0, 0.1) is 0 Å². The number of ether oxygens (including phenoxy) is 1. The fraction of sp³-hybridized carbons (Fsp3) is 0.333. The molecular weight excluding hydrogens is 530 g/mol. The first-order valence-electron chi connectivity index (χ1n) is 14.7. The minimum Gasteiger partial charge on any atom is -0.378 e. The minimum atomic E-state index is -0.193. The summed E-state index contributed by atoms with van der Waals surface area (Å²) in [6.45, 7) is 2.55. The third kappa shape index (κ3) is 6.21. The van der Waals surface area contributed by atoms with E-state index in [9.17, 15) is 14.4 Å². The molecule has 1 aliphatic heterocycles. The van der Waals surface area contributed by atoms with Crippen LogP contribution in [0.25, 0.3) is 10.8 Å². The summed E-state index contributed by atoms with van der Waals surface area (Å²) < 4.78 is 6.79. The van der Waals surface area contributed by atoms with Crippen LogP contribution in [-0.2, 0) is 11.3 Å². The molecule has 4 aromatic rings. The zero-order chi connectivity index (χ0) is 28.9. The van der Waals surface area contributed by atoms with Crippen molar-refractivity contribution in [1.29, 1.82) is 0 Å². The summed E-state index contributed by atoms with van der Waals surface area (Å²) in [7, 11) is 0. The van der Waals surface area contributed by atoms with Gasteiger partial charge in [-0.1, -0.05) is 49.6 Å². The molecule has 0 atom stereocenters. The van der Waals surface area contributed by atoms with Crippen molar-refractivity contribution in [3.63, 3.8) is 0 Å². The molecule has 1 aliphatic carbocycles. The predicted octanol–water partition coefficient (Wildman–Crippen LogP) is 4.72. The minimum absolute atomic E-state index is 0.0144. The van der Waals surface area contributed by atoms with Crippen LogP contribution in [0.4, 0.5) is 11.5 Å². The quantitative estimate of drug-likeness (QED) is 0.336. The van der Waals surface area contributed by atoms with Crippen LogP contribution < -0.4 is 16.2 Å². The first-order valence-corrected chi connectivity index (χ1v) is 14.7. The maximum absolute atomic E-state index is 13.4. The molecule has 0 bridgehead atoms. The molecule has 42 heavy (non-hydrogen) atoms. The molecule has 1 saturated carbocycles. The Morgan fingerprint density at radius 3 is 2.21 bits per heavy atom. The van der Waals surface area contributed by atoms with E-state index in [0.29, 0.717) is 54.0 Å². The van der Waals surface area contributed by atoms with Crippen molar-refractivity contribution < 1.29 is 14.3 Å². The molecule has 216 valence electrons. The number of carbonyl (C=O) groups excluding carboxylic acids is 2. The maximum Gasteiger partial charge on any atom is 0.275 e. The molecule has 2 fully saturated rings. The second kappa shape index (κ2) is 12.6. The van der Waals surface area contributed by atoms with E-state index in [1.807, 2.05) is 42.5 Å². The fourth-order valence-electron chi connectivity index (χ4n) is 5.67. The van der Waals surface area contributed by atoms with Gasteiger partial charge in [0.25, 0.3) is 17.4 Å².